The molecular formula is C30H48O5. The summed E-state index contributed by atoms with van der Waals surface area (Å²) >= 11 is 0. The molecule has 1 unspecified atom stereocenters. The highest BCUT2D eigenvalue weighted by Gasteiger charge is 2.81. The van der Waals surface area contributed by atoms with Gasteiger partial charge in [0.15, 0.2) is 0 Å². The Labute approximate surface area is 212 Å². The van der Waals surface area contributed by atoms with E-state index < -0.39 is 0 Å². The third-order valence-corrected chi connectivity index (χ3v) is 12.2. The van der Waals surface area contributed by atoms with E-state index >= 15 is 0 Å². The lowest BCUT2D eigenvalue weighted by atomic mass is 9.43. The van der Waals surface area contributed by atoms with Gasteiger partial charge in [-0.25, -0.2) is 4.89 Å². The van der Waals surface area contributed by atoms with Gasteiger partial charge in [-0.15, -0.1) is 6.58 Å². The van der Waals surface area contributed by atoms with E-state index in [9.17, 15) is 15.2 Å². The van der Waals surface area contributed by atoms with Crippen molar-refractivity contribution in [1.29, 1.82) is 0 Å². The molecule has 4 saturated carbocycles. The van der Waals surface area contributed by atoms with E-state index in [0.717, 1.165) is 37.7 Å². The summed E-state index contributed by atoms with van der Waals surface area (Å²) in [5.41, 5.74) is 1.45. The molecular weight excluding hydrogens is 440 g/mol. The van der Waals surface area contributed by atoms with Crippen LogP contribution in [0.5, 0.6) is 0 Å². The van der Waals surface area contributed by atoms with Crippen LogP contribution in [0.25, 0.3) is 0 Å². The average molecular weight is 489 g/mol. The summed E-state index contributed by atoms with van der Waals surface area (Å²) in [4.78, 5) is 16.8. The van der Waals surface area contributed by atoms with Crippen molar-refractivity contribution < 1.29 is 24.8 Å². The van der Waals surface area contributed by atoms with Crippen LogP contribution in [-0.2, 0) is 14.4 Å². The third-order valence-electron chi connectivity index (χ3n) is 12.2. The molecule has 4 rings (SSSR count). The van der Waals surface area contributed by atoms with Crippen molar-refractivity contribution in [2.75, 3.05) is 7.11 Å². The molecule has 198 valence electrons. The molecule has 0 saturated heterocycles. The summed E-state index contributed by atoms with van der Waals surface area (Å²) in [6.07, 6.45) is 11.1. The van der Waals surface area contributed by atoms with Crippen molar-refractivity contribution in [3.63, 3.8) is 0 Å². The molecule has 2 N–H and O–H groups in total. The average Bonchev–Trinajstić information content (AvgIpc) is 3.40. The topological polar surface area (TPSA) is 76.0 Å². The summed E-state index contributed by atoms with van der Waals surface area (Å²) in [6.45, 7) is 17.4. The highest BCUT2D eigenvalue weighted by Crippen LogP contribution is 2.87. The molecule has 5 heteroatoms. The molecule has 1 spiro atoms. The molecule has 0 amide bonds. The van der Waals surface area contributed by atoms with E-state index in [1.54, 1.807) is 0 Å². The van der Waals surface area contributed by atoms with Crippen molar-refractivity contribution in [3.05, 3.63) is 24.8 Å². The van der Waals surface area contributed by atoms with E-state index in [1.165, 1.54) is 32.8 Å². The van der Waals surface area contributed by atoms with Crippen LogP contribution in [0.2, 0.25) is 0 Å². The fraction of sp³-hybridized carbons (Fsp3) is 0.833. The Morgan fingerprint density at radius 1 is 1.20 bits per heavy atom. The first-order valence-electron chi connectivity index (χ1n) is 13.8. The van der Waals surface area contributed by atoms with E-state index in [0.29, 0.717) is 24.2 Å². The van der Waals surface area contributed by atoms with E-state index in [-0.39, 0.29) is 45.8 Å². The first-order chi connectivity index (χ1) is 16.5. The second-order valence-corrected chi connectivity index (χ2v) is 13.2. The first kappa shape index (κ1) is 26.9. The lowest BCUT2D eigenvalue weighted by Gasteiger charge is -2.61. The van der Waals surface area contributed by atoms with Gasteiger partial charge in [0.2, 0.25) is 0 Å². The molecule has 10 atom stereocenters. The Kier molecular flexibility index (Phi) is 7.14. The van der Waals surface area contributed by atoms with Crippen molar-refractivity contribution in [2.45, 2.75) is 104 Å². The van der Waals surface area contributed by atoms with Crippen LogP contribution in [0.4, 0.5) is 0 Å². The molecule has 4 aliphatic carbocycles. The summed E-state index contributed by atoms with van der Waals surface area (Å²) in [7, 11) is 1.46. The van der Waals surface area contributed by atoms with Crippen molar-refractivity contribution in [3.8, 4) is 0 Å². The van der Waals surface area contributed by atoms with Crippen LogP contribution in [0.1, 0.15) is 91.9 Å². The molecule has 0 radical (unpaired) electrons. The standard InChI is InChI=1S/C30H48O5/c1-8-21-23(31)17-25-28(6)13-11-22(20(4)9-10-24(35-33)19(2)3)27(28,5)15-16-30(25)18-29(21,30)14-12-26(32)34-7/h8,20-25,31,33H,1-2,9-18H2,3-7H3/t20-,21-,22-,23+,24?,25+,27-,28+,29-,30+/m1/s1. The van der Waals surface area contributed by atoms with Crippen LogP contribution in [-0.4, -0.2) is 35.7 Å². The van der Waals surface area contributed by atoms with Gasteiger partial charge in [-0.1, -0.05) is 33.4 Å². The van der Waals surface area contributed by atoms with Gasteiger partial charge in [0.05, 0.1) is 13.2 Å². The molecule has 0 aromatic heterocycles. The summed E-state index contributed by atoms with van der Waals surface area (Å²) in [5, 5.41) is 20.7. The lowest BCUT2D eigenvalue weighted by Crippen LogP contribution is -2.56. The second-order valence-electron chi connectivity index (χ2n) is 13.2. The highest BCUT2D eigenvalue weighted by atomic mass is 17.1. The fourth-order valence-electron chi connectivity index (χ4n) is 10.0. The zero-order chi connectivity index (χ0) is 25.8. The number of methoxy groups -OCH3 is 1. The number of esters is 1. The van der Waals surface area contributed by atoms with Gasteiger partial charge in [-0.3, -0.25) is 10.1 Å². The van der Waals surface area contributed by atoms with E-state index in [2.05, 4.69) is 38.8 Å². The van der Waals surface area contributed by atoms with Gasteiger partial charge in [-0.2, -0.15) is 0 Å². The molecule has 35 heavy (non-hydrogen) atoms. The SMILES string of the molecule is C=C[C@@H]1[C@@H](O)C[C@@H]2[C@]3(CC[C@]4(C)[C@@H]([C@H](C)CCC(OO)C(=C)C)CC[C@@]24C)C[C@]13CCC(=O)OC. The smallest absolute Gasteiger partial charge is 0.305 e. The number of aliphatic hydroxyl groups is 1. The maximum atomic E-state index is 12.1. The number of ether oxygens (including phenoxy) is 1. The maximum Gasteiger partial charge on any atom is 0.305 e. The number of hydrogen-bond acceptors (Lipinski definition) is 5. The van der Waals surface area contributed by atoms with Crippen molar-refractivity contribution in [2.24, 2.45) is 45.3 Å². The predicted octanol–water partition coefficient (Wildman–Crippen LogP) is 6.57. The van der Waals surface area contributed by atoms with Crippen LogP contribution < -0.4 is 0 Å². The molecule has 0 aromatic carbocycles. The van der Waals surface area contributed by atoms with Gasteiger partial charge in [0.25, 0.3) is 0 Å². The molecule has 0 aromatic rings. The fourth-order valence-corrected chi connectivity index (χ4v) is 10.0. The molecule has 4 aliphatic rings. The Morgan fingerprint density at radius 2 is 1.91 bits per heavy atom. The zero-order valence-corrected chi connectivity index (χ0v) is 22.6. The van der Waals surface area contributed by atoms with Crippen molar-refractivity contribution >= 4 is 5.97 Å². The number of carbonyl (C=O) groups is 1. The van der Waals surface area contributed by atoms with Crippen LogP contribution in [0, 0.1) is 45.3 Å². The second kappa shape index (κ2) is 9.29. The minimum atomic E-state index is -0.389. The van der Waals surface area contributed by atoms with Gasteiger partial charge in [0, 0.05) is 12.3 Å². The Hall–Kier alpha value is -1.17. The summed E-state index contributed by atoms with van der Waals surface area (Å²) in [5.74, 6) is 1.53. The van der Waals surface area contributed by atoms with Crippen molar-refractivity contribution in [1.82, 2.24) is 0 Å². The lowest BCUT2D eigenvalue weighted by molar-refractivity contribution is -0.270. The predicted molar refractivity (Wildman–Crippen MR) is 137 cm³/mol. The quantitative estimate of drug-likeness (QED) is 0.157. The van der Waals surface area contributed by atoms with Gasteiger partial charge >= 0.3 is 5.97 Å². The van der Waals surface area contributed by atoms with Crippen LogP contribution in [0.15, 0.2) is 24.8 Å². The Morgan fingerprint density at radius 3 is 2.51 bits per heavy atom. The van der Waals surface area contributed by atoms with E-state index in [1.807, 2.05) is 13.0 Å². The van der Waals surface area contributed by atoms with Crippen LogP contribution in [0.3, 0.4) is 0 Å². The maximum absolute atomic E-state index is 12.1. The van der Waals surface area contributed by atoms with Gasteiger partial charge < -0.3 is 9.84 Å². The zero-order valence-electron chi connectivity index (χ0n) is 22.6. The molecule has 0 bridgehead atoms. The number of fused-ring (bicyclic) bond motifs is 2. The summed E-state index contributed by atoms with van der Waals surface area (Å²) in [6, 6.07) is 0. The van der Waals surface area contributed by atoms with Crippen LogP contribution >= 0.6 is 0 Å². The number of aliphatic hydroxyl groups excluding tert-OH is 1. The summed E-state index contributed by atoms with van der Waals surface area (Å²) < 4.78 is 4.99. The number of rotatable bonds is 10. The molecule has 0 aliphatic heterocycles. The Balaban J connectivity index is 1.58. The third kappa shape index (κ3) is 3.78. The first-order valence-corrected chi connectivity index (χ1v) is 13.8. The van der Waals surface area contributed by atoms with E-state index in [4.69, 9.17) is 4.74 Å². The minimum Gasteiger partial charge on any atom is -0.469 e. The normalized spacial score (nSPS) is 45.5. The monoisotopic (exact) mass is 488 g/mol. The number of carbonyl (C=O) groups excluding carboxylic acids is 1. The Bertz CT molecular complexity index is 854. The van der Waals surface area contributed by atoms with Gasteiger partial charge in [0.1, 0.15) is 6.10 Å². The highest BCUT2D eigenvalue weighted by molar-refractivity contribution is 5.69. The number of hydrogen-bond donors (Lipinski definition) is 2. The minimum absolute atomic E-state index is 0.0213. The van der Waals surface area contributed by atoms with Gasteiger partial charge in [-0.05, 0) is 110 Å². The molecule has 0 heterocycles. The largest absolute Gasteiger partial charge is 0.469 e. The molecule has 4 fully saturated rings. The molecule has 5 nitrogen and oxygen atoms in total.